The molecular weight excluding hydrogens is 434 g/mol. The van der Waals surface area contributed by atoms with Crippen LogP contribution >= 0.6 is 22.7 Å². The quantitative estimate of drug-likeness (QED) is 0.463. The van der Waals surface area contributed by atoms with Crippen LogP contribution in [0.25, 0.3) is 10.2 Å². The van der Waals surface area contributed by atoms with Gasteiger partial charge >= 0.3 is 5.69 Å². The van der Waals surface area contributed by atoms with Crippen molar-refractivity contribution < 1.29 is 9.53 Å². The molecule has 0 aliphatic carbocycles. The van der Waals surface area contributed by atoms with Gasteiger partial charge in [0.2, 0.25) is 5.91 Å². The van der Waals surface area contributed by atoms with Crippen molar-refractivity contribution in [2.75, 3.05) is 12.4 Å². The van der Waals surface area contributed by atoms with Crippen LogP contribution in [0.1, 0.15) is 10.4 Å². The Morgan fingerprint density at radius 2 is 1.94 bits per heavy atom. The molecule has 31 heavy (non-hydrogen) atoms. The van der Waals surface area contributed by atoms with Crippen molar-refractivity contribution in [2.45, 2.75) is 26.4 Å². The third-order valence-corrected chi connectivity index (χ3v) is 6.76. The van der Waals surface area contributed by atoms with E-state index >= 15 is 0 Å². The van der Waals surface area contributed by atoms with Gasteiger partial charge in [0.15, 0.2) is 0 Å². The molecule has 4 rings (SSSR count). The van der Waals surface area contributed by atoms with E-state index in [4.69, 9.17) is 4.74 Å². The van der Waals surface area contributed by atoms with Gasteiger partial charge in [0.25, 0.3) is 5.56 Å². The van der Waals surface area contributed by atoms with E-state index in [9.17, 15) is 14.4 Å². The van der Waals surface area contributed by atoms with Crippen LogP contribution in [0.4, 0.5) is 5.69 Å². The SMILES string of the molecule is COc1ccc(C)cc1NC(=O)Cn1c(=O)n(CCc2cccs2)c(=O)c2sccc21. The van der Waals surface area contributed by atoms with E-state index in [0.29, 0.717) is 28.1 Å². The number of aromatic nitrogens is 2. The minimum Gasteiger partial charge on any atom is -0.495 e. The lowest BCUT2D eigenvalue weighted by Gasteiger charge is -2.14. The number of ether oxygens (including phenoxy) is 1. The zero-order valence-corrected chi connectivity index (χ0v) is 18.7. The first-order chi connectivity index (χ1) is 15.0. The van der Waals surface area contributed by atoms with E-state index in [-0.39, 0.29) is 24.6 Å². The van der Waals surface area contributed by atoms with Crippen LogP contribution in [0.3, 0.4) is 0 Å². The first-order valence-corrected chi connectivity index (χ1v) is 11.4. The summed E-state index contributed by atoms with van der Waals surface area (Å²) in [6.45, 7) is 1.97. The predicted molar refractivity (Wildman–Crippen MR) is 125 cm³/mol. The van der Waals surface area contributed by atoms with E-state index in [1.807, 2.05) is 36.6 Å². The third kappa shape index (κ3) is 4.33. The highest BCUT2D eigenvalue weighted by Gasteiger charge is 2.17. The van der Waals surface area contributed by atoms with Crippen molar-refractivity contribution in [2.24, 2.45) is 0 Å². The number of thiophene rings is 2. The summed E-state index contributed by atoms with van der Waals surface area (Å²) in [4.78, 5) is 39.9. The summed E-state index contributed by atoms with van der Waals surface area (Å²) >= 11 is 2.85. The molecule has 0 atom stereocenters. The average molecular weight is 456 g/mol. The highest BCUT2D eigenvalue weighted by atomic mass is 32.1. The maximum absolute atomic E-state index is 13.2. The molecule has 0 bridgehead atoms. The molecule has 0 radical (unpaired) electrons. The van der Waals surface area contributed by atoms with E-state index < -0.39 is 5.69 Å². The number of anilines is 1. The Bertz CT molecular complexity index is 1350. The number of nitrogens with one attached hydrogen (secondary N) is 1. The molecule has 0 aliphatic heterocycles. The van der Waals surface area contributed by atoms with Crippen LogP contribution in [0, 0.1) is 6.92 Å². The van der Waals surface area contributed by atoms with E-state index in [2.05, 4.69) is 5.32 Å². The van der Waals surface area contributed by atoms with Gasteiger partial charge in [-0.25, -0.2) is 4.79 Å². The molecule has 1 amide bonds. The van der Waals surface area contributed by atoms with Crippen LogP contribution in [0.5, 0.6) is 5.75 Å². The minimum atomic E-state index is -0.487. The molecular formula is C22H21N3O4S2. The van der Waals surface area contributed by atoms with Gasteiger partial charge in [-0.15, -0.1) is 22.7 Å². The molecule has 1 N–H and O–H groups in total. The van der Waals surface area contributed by atoms with Gasteiger partial charge in [0.1, 0.15) is 17.0 Å². The predicted octanol–water partition coefficient (Wildman–Crippen LogP) is 3.48. The molecule has 0 spiro atoms. The summed E-state index contributed by atoms with van der Waals surface area (Å²) in [5.41, 5.74) is 1.17. The van der Waals surface area contributed by atoms with Crippen molar-refractivity contribution in [3.05, 3.63) is 78.4 Å². The van der Waals surface area contributed by atoms with Gasteiger partial charge in [-0.2, -0.15) is 0 Å². The molecule has 0 aliphatic rings. The van der Waals surface area contributed by atoms with Crippen molar-refractivity contribution in [3.8, 4) is 5.75 Å². The first kappa shape index (κ1) is 21.1. The smallest absolute Gasteiger partial charge is 0.332 e. The summed E-state index contributed by atoms with van der Waals surface area (Å²) in [5, 5.41) is 6.54. The number of nitrogens with zero attached hydrogens (tertiary/aromatic N) is 2. The molecule has 160 valence electrons. The van der Waals surface area contributed by atoms with E-state index in [1.54, 1.807) is 28.8 Å². The van der Waals surface area contributed by atoms with E-state index in [1.165, 1.54) is 27.6 Å². The molecule has 7 nitrogen and oxygen atoms in total. The van der Waals surface area contributed by atoms with Gasteiger partial charge in [-0.3, -0.25) is 18.7 Å². The number of amides is 1. The van der Waals surface area contributed by atoms with E-state index in [0.717, 1.165) is 10.4 Å². The van der Waals surface area contributed by atoms with Gasteiger partial charge in [-0.05, 0) is 53.9 Å². The summed E-state index contributed by atoms with van der Waals surface area (Å²) in [6.07, 6.45) is 0.580. The number of carbonyl (C=O) groups is 1. The van der Waals surface area contributed by atoms with Crippen LogP contribution in [0.15, 0.2) is 56.7 Å². The number of aryl methyl sites for hydroxylation is 2. The summed E-state index contributed by atoms with van der Waals surface area (Å²) < 4.78 is 8.36. The van der Waals surface area contributed by atoms with Crippen molar-refractivity contribution in [3.63, 3.8) is 0 Å². The van der Waals surface area contributed by atoms with Crippen molar-refractivity contribution in [1.29, 1.82) is 0 Å². The van der Waals surface area contributed by atoms with Crippen LogP contribution in [0.2, 0.25) is 0 Å². The summed E-state index contributed by atoms with van der Waals surface area (Å²) in [5.74, 6) is 0.162. The summed E-state index contributed by atoms with van der Waals surface area (Å²) in [7, 11) is 1.53. The second kappa shape index (κ2) is 8.91. The lowest BCUT2D eigenvalue weighted by atomic mass is 10.2. The number of benzene rings is 1. The summed E-state index contributed by atoms with van der Waals surface area (Å²) in [6, 6.07) is 11.1. The normalized spacial score (nSPS) is 11.0. The fourth-order valence-corrected chi connectivity index (χ4v) is 4.95. The van der Waals surface area contributed by atoms with Crippen molar-refractivity contribution in [1.82, 2.24) is 9.13 Å². The largest absolute Gasteiger partial charge is 0.495 e. The lowest BCUT2D eigenvalue weighted by Crippen LogP contribution is -2.41. The Kier molecular flexibility index (Phi) is 6.06. The Hall–Kier alpha value is -3.17. The molecule has 9 heteroatoms. The Labute approximate surface area is 186 Å². The van der Waals surface area contributed by atoms with Gasteiger partial charge < -0.3 is 10.1 Å². The maximum atomic E-state index is 13.2. The average Bonchev–Trinajstić information content (AvgIpc) is 3.43. The topological polar surface area (TPSA) is 82.3 Å². The second-order valence-electron chi connectivity index (χ2n) is 7.04. The number of hydrogen-bond acceptors (Lipinski definition) is 6. The third-order valence-electron chi connectivity index (χ3n) is 4.93. The Morgan fingerprint density at radius 3 is 2.68 bits per heavy atom. The molecule has 0 saturated carbocycles. The van der Waals surface area contributed by atoms with Gasteiger partial charge in [0, 0.05) is 11.4 Å². The number of rotatable bonds is 7. The molecule has 4 aromatic rings. The standard InChI is InChI=1S/C22H21N3O4S2/c1-14-5-6-18(29-2)16(12-14)23-19(26)13-25-17-8-11-31-20(17)21(27)24(22(25)28)9-7-15-4-3-10-30-15/h3-6,8,10-12H,7,9,13H2,1-2H3,(H,23,26). The van der Waals surface area contributed by atoms with Crippen LogP contribution < -0.4 is 21.3 Å². The molecule has 0 saturated heterocycles. The first-order valence-electron chi connectivity index (χ1n) is 9.65. The molecule has 0 fully saturated rings. The second-order valence-corrected chi connectivity index (χ2v) is 8.99. The van der Waals surface area contributed by atoms with Crippen molar-refractivity contribution >= 4 is 44.5 Å². The number of fused-ring (bicyclic) bond motifs is 1. The lowest BCUT2D eigenvalue weighted by molar-refractivity contribution is -0.116. The monoisotopic (exact) mass is 455 g/mol. The van der Waals surface area contributed by atoms with Crippen LogP contribution in [-0.2, 0) is 24.3 Å². The zero-order valence-electron chi connectivity index (χ0n) is 17.1. The van der Waals surface area contributed by atoms with Gasteiger partial charge in [-0.1, -0.05) is 12.1 Å². The molecule has 3 heterocycles. The molecule has 1 aromatic carbocycles. The minimum absolute atomic E-state index is 0.206. The Balaban J connectivity index is 1.66. The van der Waals surface area contributed by atoms with Crippen LogP contribution in [-0.4, -0.2) is 22.2 Å². The number of hydrogen-bond donors (Lipinski definition) is 1. The maximum Gasteiger partial charge on any atom is 0.332 e. The zero-order chi connectivity index (χ0) is 22.0. The fraction of sp³-hybridized carbons (Fsp3) is 0.227. The van der Waals surface area contributed by atoms with Gasteiger partial charge in [0.05, 0.1) is 18.3 Å². The Morgan fingerprint density at radius 1 is 1.10 bits per heavy atom. The highest BCUT2D eigenvalue weighted by Crippen LogP contribution is 2.25. The number of carbonyl (C=O) groups excluding carboxylic acids is 1. The molecule has 0 unspecified atom stereocenters. The fourth-order valence-electron chi connectivity index (χ4n) is 3.41. The molecule has 3 aromatic heterocycles. The highest BCUT2D eigenvalue weighted by molar-refractivity contribution is 7.17. The number of methoxy groups -OCH3 is 1.